The van der Waals surface area contributed by atoms with Crippen molar-refractivity contribution in [1.82, 2.24) is 4.98 Å². The van der Waals surface area contributed by atoms with Crippen LogP contribution in [0.15, 0.2) is 6.20 Å². The van der Waals surface area contributed by atoms with Crippen LogP contribution in [-0.2, 0) is 11.2 Å². The number of hydrogen-bond acceptors (Lipinski definition) is 3. The summed E-state index contributed by atoms with van der Waals surface area (Å²) in [5.41, 5.74) is -1.53. The number of carboxylic acid groups (broad SMARTS) is 1. The summed E-state index contributed by atoms with van der Waals surface area (Å²) in [6, 6.07) is 0. The number of nitrogens with zero attached hydrogens (tertiary/aromatic N) is 1. The molecule has 0 aliphatic carbocycles. The highest BCUT2D eigenvalue weighted by atomic mass is 19.3. The number of aliphatic carboxylic acids is 1. The number of aromatic nitrogens is 1. The molecule has 0 aliphatic heterocycles. The van der Waals surface area contributed by atoms with Gasteiger partial charge in [0.25, 0.3) is 6.43 Å². The lowest BCUT2D eigenvalue weighted by molar-refractivity contribution is -0.136. The van der Waals surface area contributed by atoms with Gasteiger partial charge < -0.3 is 9.84 Å². The molecule has 0 saturated carbocycles. The minimum absolute atomic E-state index is 0.440. The third-order valence-corrected chi connectivity index (χ3v) is 1.86. The third kappa shape index (κ3) is 2.41. The maximum Gasteiger partial charge on any atom is 0.309 e. The average molecular weight is 235 g/mol. The molecule has 16 heavy (non-hydrogen) atoms. The van der Waals surface area contributed by atoms with Gasteiger partial charge in [-0.1, -0.05) is 0 Å². The summed E-state index contributed by atoms with van der Waals surface area (Å²) in [7, 11) is 1.10. The Morgan fingerprint density at radius 2 is 2.25 bits per heavy atom. The van der Waals surface area contributed by atoms with E-state index in [9.17, 15) is 18.0 Å². The fraction of sp³-hybridized carbons (Fsp3) is 0.333. The second-order valence-corrected chi connectivity index (χ2v) is 2.87. The van der Waals surface area contributed by atoms with Crippen LogP contribution in [0, 0.1) is 5.82 Å². The van der Waals surface area contributed by atoms with E-state index in [-0.39, 0.29) is 0 Å². The van der Waals surface area contributed by atoms with Gasteiger partial charge in [-0.25, -0.2) is 13.2 Å². The largest absolute Gasteiger partial charge is 0.492 e. The van der Waals surface area contributed by atoms with Gasteiger partial charge in [0.1, 0.15) is 0 Å². The van der Waals surface area contributed by atoms with Gasteiger partial charge in [0.05, 0.1) is 31.0 Å². The van der Waals surface area contributed by atoms with Crippen LogP contribution in [0.4, 0.5) is 13.2 Å². The van der Waals surface area contributed by atoms with Crippen molar-refractivity contribution in [3.63, 3.8) is 0 Å². The van der Waals surface area contributed by atoms with Crippen LogP contribution < -0.4 is 4.74 Å². The minimum Gasteiger partial charge on any atom is -0.492 e. The van der Waals surface area contributed by atoms with Crippen LogP contribution in [-0.4, -0.2) is 23.2 Å². The summed E-state index contributed by atoms with van der Waals surface area (Å²) in [6.45, 7) is 0. The molecule has 0 aliphatic rings. The van der Waals surface area contributed by atoms with E-state index >= 15 is 0 Å². The van der Waals surface area contributed by atoms with Crippen LogP contribution in [0.25, 0.3) is 0 Å². The van der Waals surface area contributed by atoms with Crippen LogP contribution in [0.5, 0.6) is 5.75 Å². The summed E-state index contributed by atoms with van der Waals surface area (Å²) in [5, 5.41) is 8.45. The smallest absolute Gasteiger partial charge is 0.309 e. The third-order valence-electron chi connectivity index (χ3n) is 1.86. The molecule has 7 heteroatoms. The summed E-state index contributed by atoms with van der Waals surface area (Å²) < 4.78 is 42.9. The minimum atomic E-state index is -3.14. The Bertz CT molecular complexity index is 409. The monoisotopic (exact) mass is 235 g/mol. The predicted molar refractivity (Wildman–Crippen MR) is 47.0 cm³/mol. The van der Waals surface area contributed by atoms with Crippen LogP contribution in [0.2, 0.25) is 0 Å². The van der Waals surface area contributed by atoms with Crippen molar-refractivity contribution in [3.8, 4) is 5.75 Å². The molecule has 1 rings (SSSR count). The molecule has 0 unspecified atom stereocenters. The van der Waals surface area contributed by atoms with Gasteiger partial charge in [-0.15, -0.1) is 0 Å². The Morgan fingerprint density at radius 1 is 1.62 bits per heavy atom. The van der Waals surface area contributed by atoms with Crippen LogP contribution in [0.3, 0.4) is 0 Å². The quantitative estimate of drug-likeness (QED) is 0.864. The summed E-state index contributed by atoms with van der Waals surface area (Å²) in [5.74, 6) is -3.08. The molecule has 0 spiro atoms. The van der Waals surface area contributed by atoms with E-state index in [1.807, 2.05) is 0 Å². The number of carboxylic acids is 1. The molecule has 1 aromatic heterocycles. The number of methoxy groups -OCH3 is 1. The molecule has 0 fully saturated rings. The first kappa shape index (κ1) is 12.3. The number of rotatable bonds is 4. The molecule has 1 heterocycles. The van der Waals surface area contributed by atoms with Gasteiger partial charge in [-0.2, -0.15) is 0 Å². The normalized spacial score (nSPS) is 10.6. The van der Waals surface area contributed by atoms with E-state index in [2.05, 4.69) is 9.72 Å². The molecule has 0 radical (unpaired) electrons. The van der Waals surface area contributed by atoms with Crippen LogP contribution >= 0.6 is 0 Å². The number of carbonyl (C=O) groups is 1. The molecular formula is C9H8F3NO3. The second-order valence-electron chi connectivity index (χ2n) is 2.87. The number of pyridine rings is 1. The number of ether oxygens (including phenoxy) is 1. The Morgan fingerprint density at radius 3 is 2.69 bits per heavy atom. The van der Waals surface area contributed by atoms with Crippen LogP contribution in [0.1, 0.15) is 17.7 Å². The average Bonchev–Trinajstić information content (AvgIpc) is 2.16. The molecule has 0 aromatic carbocycles. The lowest BCUT2D eigenvalue weighted by Crippen LogP contribution is -2.09. The zero-order chi connectivity index (χ0) is 12.3. The standard InChI is InChI=1S/C9H8F3NO3/c1-16-5-3-13-4(2-6(14)15)7(8(5)10)9(11)12/h3,9H,2H2,1H3,(H,14,15). The molecule has 0 atom stereocenters. The first-order valence-corrected chi connectivity index (χ1v) is 4.18. The SMILES string of the molecule is COc1cnc(CC(=O)O)c(C(F)F)c1F. The maximum atomic E-state index is 13.4. The van der Waals surface area contributed by atoms with Gasteiger partial charge in [-0.05, 0) is 0 Å². The maximum absolute atomic E-state index is 13.4. The molecule has 1 N–H and O–H groups in total. The van der Waals surface area contributed by atoms with E-state index < -0.39 is 41.6 Å². The van der Waals surface area contributed by atoms with Crippen molar-refractivity contribution in [1.29, 1.82) is 0 Å². The Kier molecular flexibility index (Phi) is 3.70. The van der Waals surface area contributed by atoms with Crippen molar-refractivity contribution in [2.24, 2.45) is 0 Å². The highest BCUT2D eigenvalue weighted by Gasteiger charge is 2.24. The van der Waals surface area contributed by atoms with Crippen molar-refractivity contribution in [2.45, 2.75) is 12.8 Å². The number of alkyl halides is 2. The van der Waals surface area contributed by atoms with Gasteiger partial charge in [-0.3, -0.25) is 9.78 Å². The zero-order valence-corrected chi connectivity index (χ0v) is 8.21. The zero-order valence-electron chi connectivity index (χ0n) is 8.21. The Balaban J connectivity index is 3.28. The lowest BCUT2D eigenvalue weighted by Gasteiger charge is -2.10. The van der Waals surface area contributed by atoms with Crippen molar-refractivity contribution >= 4 is 5.97 Å². The van der Waals surface area contributed by atoms with Gasteiger partial charge in [0.2, 0.25) is 0 Å². The van der Waals surface area contributed by atoms with Crippen molar-refractivity contribution in [2.75, 3.05) is 7.11 Å². The van der Waals surface area contributed by atoms with E-state index in [1.54, 1.807) is 0 Å². The first-order valence-electron chi connectivity index (χ1n) is 4.18. The molecule has 4 nitrogen and oxygen atoms in total. The second kappa shape index (κ2) is 4.82. The first-order chi connectivity index (χ1) is 7.47. The van der Waals surface area contributed by atoms with Gasteiger partial charge >= 0.3 is 5.97 Å². The molecule has 1 aromatic rings. The topological polar surface area (TPSA) is 59.4 Å². The van der Waals surface area contributed by atoms with E-state index in [0.29, 0.717) is 0 Å². The van der Waals surface area contributed by atoms with Crippen molar-refractivity contribution in [3.05, 3.63) is 23.3 Å². The highest BCUT2D eigenvalue weighted by molar-refractivity contribution is 5.70. The fourth-order valence-electron chi connectivity index (χ4n) is 1.17. The molecule has 0 saturated heterocycles. The van der Waals surface area contributed by atoms with E-state index in [0.717, 1.165) is 13.3 Å². The lowest BCUT2D eigenvalue weighted by atomic mass is 10.1. The molecular weight excluding hydrogens is 227 g/mol. The molecule has 88 valence electrons. The Labute approximate surface area is 88.7 Å². The fourth-order valence-corrected chi connectivity index (χ4v) is 1.17. The predicted octanol–water partition coefficient (Wildman–Crippen LogP) is 1.79. The van der Waals surface area contributed by atoms with E-state index in [4.69, 9.17) is 5.11 Å². The molecule has 0 bridgehead atoms. The van der Waals surface area contributed by atoms with Crippen molar-refractivity contribution < 1.29 is 27.8 Å². The van der Waals surface area contributed by atoms with Gasteiger partial charge in [0, 0.05) is 0 Å². The summed E-state index contributed by atoms with van der Waals surface area (Å²) >= 11 is 0. The molecule has 0 amide bonds. The summed E-state index contributed by atoms with van der Waals surface area (Å²) in [6.07, 6.45) is -3.03. The highest BCUT2D eigenvalue weighted by Crippen LogP contribution is 2.30. The van der Waals surface area contributed by atoms with Gasteiger partial charge in [0.15, 0.2) is 11.6 Å². The Hall–Kier alpha value is -1.79. The van der Waals surface area contributed by atoms with E-state index in [1.165, 1.54) is 0 Å². The number of halogens is 3. The number of hydrogen-bond donors (Lipinski definition) is 1. The summed E-state index contributed by atoms with van der Waals surface area (Å²) in [4.78, 5) is 13.8.